The Bertz CT molecular complexity index is 1590. The Balaban J connectivity index is 1.18. The highest BCUT2D eigenvalue weighted by Crippen LogP contribution is 2.29. The normalized spacial score (nSPS) is 13.1. The van der Waals surface area contributed by atoms with E-state index in [1.807, 2.05) is 0 Å². The molecule has 0 saturated carbocycles. The van der Waals surface area contributed by atoms with Gasteiger partial charge in [0.1, 0.15) is 6.54 Å². The van der Waals surface area contributed by atoms with Crippen LogP contribution in [-0.4, -0.2) is 65.9 Å². The number of nitrogens with one attached hydrogen (secondary N) is 2. The molecule has 2 N–H and O–H groups in total. The van der Waals surface area contributed by atoms with Crippen molar-refractivity contribution in [1.29, 1.82) is 0 Å². The van der Waals surface area contributed by atoms with Gasteiger partial charge in [-0.15, -0.1) is 10.2 Å². The Morgan fingerprint density at radius 3 is 2.10 bits per heavy atom. The molecule has 0 bridgehead atoms. The highest BCUT2D eigenvalue weighted by Gasteiger charge is 2.31. The smallest absolute Gasteiger partial charge is 0.347 e. The molecule has 0 saturated heterocycles. The molecule has 3 heterocycles. The van der Waals surface area contributed by atoms with Crippen LogP contribution in [0.4, 0.5) is 22.0 Å². The summed E-state index contributed by atoms with van der Waals surface area (Å²) >= 11 is 0. The summed E-state index contributed by atoms with van der Waals surface area (Å²) in [5.41, 5.74) is -0.465. The van der Waals surface area contributed by atoms with Gasteiger partial charge in [-0.1, -0.05) is 22.6 Å². The van der Waals surface area contributed by atoms with Crippen LogP contribution < -0.4 is 15.3 Å². The summed E-state index contributed by atoms with van der Waals surface area (Å²) in [6.07, 6.45) is 1.94. The second kappa shape index (κ2) is 12.7. The lowest BCUT2D eigenvalue weighted by Crippen LogP contribution is -2.31. The van der Waals surface area contributed by atoms with Crippen LogP contribution in [0.3, 0.4) is 0 Å². The van der Waals surface area contributed by atoms with E-state index in [1.165, 1.54) is 40.0 Å². The fourth-order valence-electron chi connectivity index (χ4n) is 3.75. The molecule has 1 aliphatic heterocycles. The van der Waals surface area contributed by atoms with E-state index in [4.69, 9.17) is 0 Å². The number of allylic oxidation sites excluding steroid dienone is 2. The largest absolute Gasteiger partial charge is 0.416 e. The van der Waals surface area contributed by atoms with Crippen molar-refractivity contribution in [1.82, 2.24) is 45.3 Å². The summed E-state index contributed by atoms with van der Waals surface area (Å²) in [6.45, 7) is 1.43. The van der Waals surface area contributed by atoms with Gasteiger partial charge in [0.15, 0.2) is 11.4 Å². The van der Waals surface area contributed by atoms with Gasteiger partial charge in [0, 0.05) is 38.2 Å². The number of alkyl halides is 5. The third kappa shape index (κ3) is 8.29. The van der Waals surface area contributed by atoms with Gasteiger partial charge in [0.05, 0.1) is 24.0 Å². The van der Waals surface area contributed by atoms with Crippen molar-refractivity contribution >= 4 is 23.4 Å². The maximum atomic E-state index is 13.5. The highest BCUT2D eigenvalue weighted by atomic mass is 19.4. The maximum absolute atomic E-state index is 13.5. The van der Waals surface area contributed by atoms with Gasteiger partial charge < -0.3 is 10.6 Å². The van der Waals surface area contributed by atoms with Crippen LogP contribution in [0.1, 0.15) is 51.9 Å². The standard InChI is InChI=1S/C26H24F5N9O2/c1-25(27,28)18-7-8-32-20(12-18)14-34-24(42)22-16-40(38-36-22)10-3-2-9-39-15-21(35-37-39)23(41)33-13-17-5-4-6-19(11-17)26(29,30)31/h4-7,11-12,15-16H,2-3,9-10,13-14H2,1H3,(H-,33,34,41,42)/p+1. The van der Waals surface area contributed by atoms with Crippen molar-refractivity contribution < 1.29 is 31.5 Å². The van der Waals surface area contributed by atoms with Gasteiger partial charge in [0.25, 0.3) is 17.7 Å². The summed E-state index contributed by atoms with van der Waals surface area (Å²) in [6, 6.07) is 4.67. The molecule has 0 atom stereocenters. The summed E-state index contributed by atoms with van der Waals surface area (Å²) in [7, 11) is 0. The molecule has 16 heteroatoms. The summed E-state index contributed by atoms with van der Waals surface area (Å²) in [4.78, 5) is 24.7. The molecular weight excluding hydrogens is 565 g/mol. The van der Waals surface area contributed by atoms with Crippen LogP contribution in [0.5, 0.6) is 0 Å². The number of aryl methyl sites for hydroxylation is 2. The first-order valence-electron chi connectivity index (χ1n) is 12.7. The zero-order valence-corrected chi connectivity index (χ0v) is 22.2. The third-order valence-corrected chi connectivity index (χ3v) is 5.96. The van der Waals surface area contributed by atoms with Gasteiger partial charge in [-0.2, -0.15) is 13.2 Å². The molecule has 2 amide bonds. The number of carbonyl (C=O) groups excluding carboxylic acids is 2. The van der Waals surface area contributed by atoms with E-state index < -0.39 is 29.5 Å². The highest BCUT2D eigenvalue weighted by molar-refractivity contribution is 6.03. The molecule has 0 fully saturated rings. The predicted molar refractivity (Wildman–Crippen MR) is 140 cm³/mol. The Hall–Kier alpha value is -4.94. The van der Waals surface area contributed by atoms with Crippen LogP contribution in [0.25, 0.3) is 0 Å². The third-order valence-electron chi connectivity index (χ3n) is 5.96. The second-order valence-corrected chi connectivity index (χ2v) is 9.37. The quantitative estimate of drug-likeness (QED) is 0.189. The van der Waals surface area contributed by atoms with Crippen LogP contribution in [0.15, 0.2) is 54.4 Å². The zero-order chi connectivity index (χ0) is 30.3. The molecule has 0 aliphatic carbocycles. The lowest BCUT2D eigenvalue weighted by molar-refractivity contribution is -0.137. The minimum atomic E-state index is -4.47. The van der Waals surface area contributed by atoms with E-state index >= 15 is 0 Å². The van der Waals surface area contributed by atoms with Crippen LogP contribution in [-0.2, 0) is 25.8 Å². The van der Waals surface area contributed by atoms with Crippen molar-refractivity contribution in [2.45, 2.75) is 51.5 Å². The lowest BCUT2D eigenvalue weighted by atomic mass is 10.1. The Kier molecular flexibility index (Phi) is 9.09. The lowest BCUT2D eigenvalue weighted by Gasteiger charge is -2.09. The average Bonchev–Trinajstić information content (AvgIpc) is 3.62. The van der Waals surface area contributed by atoms with E-state index in [0.717, 1.165) is 25.1 Å². The molecule has 4 rings (SSSR count). The van der Waals surface area contributed by atoms with E-state index in [9.17, 15) is 31.5 Å². The van der Waals surface area contributed by atoms with E-state index in [-0.39, 0.29) is 35.8 Å². The summed E-state index contributed by atoms with van der Waals surface area (Å²) in [5.74, 6) is -1.77. The zero-order valence-electron chi connectivity index (χ0n) is 22.2. The fraction of sp³-hybridized carbons (Fsp3) is 0.346. The first kappa shape index (κ1) is 30.0. The predicted octanol–water partition coefficient (Wildman–Crippen LogP) is 2.36. The monoisotopic (exact) mass is 590 g/mol. The van der Waals surface area contributed by atoms with Crippen LogP contribution in [0.2, 0.25) is 0 Å². The number of hydrogen-bond acceptors (Lipinski definition) is 6. The number of nitrogens with zero attached hydrogens (tertiary/aromatic N) is 7. The first-order valence-corrected chi connectivity index (χ1v) is 12.7. The Morgan fingerprint density at radius 1 is 0.929 bits per heavy atom. The fourth-order valence-corrected chi connectivity index (χ4v) is 3.75. The van der Waals surface area contributed by atoms with Gasteiger partial charge >= 0.3 is 17.8 Å². The van der Waals surface area contributed by atoms with E-state index in [0.29, 0.717) is 31.5 Å². The maximum Gasteiger partial charge on any atom is 0.416 e. The number of benzene rings is 1. The molecular formula is C26H25F5N9O2+. The van der Waals surface area contributed by atoms with Crippen molar-refractivity contribution in [3.63, 3.8) is 0 Å². The molecule has 0 unspecified atom stereocenters. The van der Waals surface area contributed by atoms with Crippen molar-refractivity contribution in [2.75, 3.05) is 6.54 Å². The number of unbranched alkanes of at least 4 members (excludes halogenated alkanes) is 1. The van der Waals surface area contributed by atoms with E-state index in [1.54, 1.807) is 0 Å². The number of carbonyl (C=O) groups is 2. The minimum Gasteiger partial charge on any atom is -0.347 e. The van der Waals surface area contributed by atoms with Gasteiger partial charge in [0.2, 0.25) is 0 Å². The summed E-state index contributed by atoms with van der Waals surface area (Å²) in [5, 5.41) is 20.5. The minimum absolute atomic E-state index is 0.0251. The molecule has 3 aromatic rings. The Morgan fingerprint density at radius 2 is 1.52 bits per heavy atom. The van der Waals surface area contributed by atoms with E-state index in [2.05, 4.69) is 41.8 Å². The van der Waals surface area contributed by atoms with Crippen molar-refractivity contribution in [2.24, 2.45) is 0 Å². The SMILES string of the molecule is CC(F)(F)C1=CC(CNC(=O)c2cn(CCCCn3cc(C(=O)NCc4cccc(C(F)(F)F)c4)nn3)nn2)=[N+]=C=C1. The van der Waals surface area contributed by atoms with Crippen molar-refractivity contribution in [3.05, 3.63) is 76.9 Å². The number of hydrogen-bond donors (Lipinski definition) is 2. The number of aromatic nitrogens is 6. The topological polar surface area (TPSA) is 134 Å². The number of halogens is 5. The van der Waals surface area contributed by atoms with Crippen LogP contribution in [0, 0.1) is 0 Å². The Labute approximate surface area is 235 Å². The molecule has 42 heavy (non-hydrogen) atoms. The average molecular weight is 591 g/mol. The molecule has 1 aliphatic rings. The molecule has 1 aromatic carbocycles. The number of amides is 2. The van der Waals surface area contributed by atoms with Crippen LogP contribution >= 0.6 is 0 Å². The molecule has 0 spiro atoms. The first-order chi connectivity index (χ1) is 19.9. The second-order valence-electron chi connectivity index (χ2n) is 9.37. The van der Waals surface area contributed by atoms with Gasteiger partial charge in [-0.3, -0.25) is 19.0 Å². The molecule has 0 radical (unpaired) electrons. The number of rotatable bonds is 12. The van der Waals surface area contributed by atoms with Gasteiger partial charge in [-0.05, 0) is 35.2 Å². The summed E-state index contributed by atoms with van der Waals surface area (Å²) < 4.78 is 72.3. The van der Waals surface area contributed by atoms with Crippen molar-refractivity contribution in [3.8, 4) is 0 Å². The van der Waals surface area contributed by atoms with Gasteiger partial charge in [-0.25, -0.2) is 8.78 Å². The molecule has 220 valence electrons. The molecule has 2 aromatic heterocycles. The molecule has 11 nitrogen and oxygen atoms in total.